The molecule has 0 unspecified atom stereocenters. The summed E-state index contributed by atoms with van der Waals surface area (Å²) in [5.41, 5.74) is 0. The van der Waals surface area contributed by atoms with E-state index in [-0.39, 0.29) is 18.2 Å². The third kappa shape index (κ3) is 6.55. The Kier molecular flexibility index (Phi) is 6.29. The van der Waals surface area contributed by atoms with Crippen LogP contribution in [0.15, 0.2) is 0 Å². The highest BCUT2D eigenvalue weighted by Crippen LogP contribution is 2.08. The van der Waals surface area contributed by atoms with Crippen LogP contribution in [0.5, 0.6) is 0 Å². The number of likely N-dealkylation sites (tertiary alicyclic amines) is 1. The molecule has 0 bridgehead atoms. The molecule has 0 aromatic carbocycles. The number of halogens is 2. The fourth-order valence-electron chi connectivity index (χ4n) is 1.47. The topological polar surface area (TPSA) is 37.4 Å². The highest BCUT2D eigenvalue weighted by atomic mass is 35.7. The zero-order valence-corrected chi connectivity index (χ0v) is 9.80. The van der Waals surface area contributed by atoms with E-state index in [1.54, 1.807) is 0 Å². The van der Waals surface area contributed by atoms with Gasteiger partial charge in [0.05, 0.1) is 5.75 Å². The van der Waals surface area contributed by atoms with Crippen molar-refractivity contribution >= 4 is 32.1 Å². The molecule has 1 heterocycles. The summed E-state index contributed by atoms with van der Waals surface area (Å²) in [4.78, 5) is 2.28. The maximum Gasteiger partial charge on any atom is 0.232 e. The Labute approximate surface area is 90.3 Å². The minimum absolute atomic E-state index is 0. The van der Waals surface area contributed by atoms with Gasteiger partial charge in [0.25, 0.3) is 0 Å². The van der Waals surface area contributed by atoms with Crippen LogP contribution in [0.3, 0.4) is 0 Å². The van der Waals surface area contributed by atoms with Crippen LogP contribution < -0.4 is 0 Å². The molecule has 0 N–H and O–H groups in total. The number of hydrogen-bond donors (Lipinski definition) is 0. The number of rotatable bonds is 4. The molecule has 1 saturated heterocycles. The molecule has 6 heteroatoms. The Morgan fingerprint density at radius 1 is 1.23 bits per heavy atom. The molecule has 13 heavy (non-hydrogen) atoms. The van der Waals surface area contributed by atoms with E-state index < -0.39 is 9.05 Å². The molecule has 1 aliphatic rings. The summed E-state index contributed by atoms with van der Waals surface area (Å²) in [5, 5.41) is 0. The third-order valence-electron chi connectivity index (χ3n) is 2.06. The first kappa shape index (κ1) is 13.5. The number of hydrogen-bond acceptors (Lipinski definition) is 3. The van der Waals surface area contributed by atoms with Crippen LogP contribution >= 0.6 is 23.1 Å². The molecule has 3 nitrogen and oxygen atoms in total. The van der Waals surface area contributed by atoms with Gasteiger partial charge < -0.3 is 4.90 Å². The Morgan fingerprint density at radius 3 is 2.23 bits per heavy atom. The van der Waals surface area contributed by atoms with Crippen molar-refractivity contribution in [3.63, 3.8) is 0 Å². The smallest absolute Gasteiger partial charge is 0.232 e. The van der Waals surface area contributed by atoms with Crippen molar-refractivity contribution in [2.24, 2.45) is 0 Å². The van der Waals surface area contributed by atoms with Gasteiger partial charge in [-0.15, -0.1) is 12.4 Å². The van der Waals surface area contributed by atoms with Gasteiger partial charge in [0.2, 0.25) is 9.05 Å². The van der Waals surface area contributed by atoms with Crippen molar-refractivity contribution in [1.29, 1.82) is 0 Å². The van der Waals surface area contributed by atoms with E-state index in [0.717, 1.165) is 19.6 Å². The van der Waals surface area contributed by atoms with Gasteiger partial charge in [-0.1, -0.05) is 0 Å². The van der Waals surface area contributed by atoms with Crippen molar-refractivity contribution in [2.75, 3.05) is 25.4 Å². The summed E-state index contributed by atoms with van der Waals surface area (Å²) in [6.45, 7) is 3.09. The SMILES string of the molecule is Cl.O=S(=O)(Cl)CCCN1CCCC1. The lowest BCUT2D eigenvalue weighted by Crippen LogP contribution is -2.21. The van der Waals surface area contributed by atoms with Crippen molar-refractivity contribution < 1.29 is 8.42 Å². The van der Waals surface area contributed by atoms with Crippen LogP contribution in [0.1, 0.15) is 19.3 Å². The molecule has 1 aliphatic heterocycles. The minimum Gasteiger partial charge on any atom is -0.303 e. The molecule has 0 amide bonds. The molecule has 0 spiro atoms. The second-order valence-corrected chi connectivity index (χ2v) is 6.04. The normalized spacial score (nSPS) is 18.5. The largest absolute Gasteiger partial charge is 0.303 e. The summed E-state index contributed by atoms with van der Waals surface area (Å²) in [6, 6.07) is 0. The maximum atomic E-state index is 10.6. The van der Waals surface area contributed by atoms with Gasteiger partial charge in [0.1, 0.15) is 0 Å². The van der Waals surface area contributed by atoms with E-state index in [2.05, 4.69) is 4.90 Å². The van der Waals surface area contributed by atoms with Crippen LogP contribution in [0.25, 0.3) is 0 Å². The van der Waals surface area contributed by atoms with Crippen molar-refractivity contribution in [3.8, 4) is 0 Å². The van der Waals surface area contributed by atoms with Gasteiger partial charge in [-0.05, 0) is 38.9 Å². The van der Waals surface area contributed by atoms with Crippen molar-refractivity contribution in [2.45, 2.75) is 19.3 Å². The van der Waals surface area contributed by atoms with E-state index in [4.69, 9.17) is 10.7 Å². The van der Waals surface area contributed by atoms with Crippen molar-refractivity contribution in [1.82, 2.24) is 4.90 Å². The fourth-order valence-corrected chi connectivity index (χ4v) is 2.27. The molecule has 1 fully saturated rings. The standard InChI is InChI=1S/C7H14ClNO2S.ClH/c8-12(10,11)7-3-6-9-4-1-2-5-9;/h1-7H2;1H. The molecule has 0 saturated carbocycles. The molecule has 80 valence electrons. The zero-order chi connectivity index (χ0) is 9.03. The lowest BCUT2D eigenvalue weighted by atomic mass is 10.4. The summed E-state index contributed by atoms with van der Waals surface area (Å²) < 4.78 is 21.1. The van der Waals surface area contributed by atoms with Crippen molar-refractivity contribution in [3.05, 3.63) is 0 Å². The summed E-state index contributed by atoms with van der Waals surface area (Å²) in [5.74, 6) is 0.102. The predicted octanol–water partition coefficient (Wildman–Crippen LogP) is 1.46. The fraction of sp³-hybridized carbons (Fsp3) is 1.00. The summed E-state index contributed by atoms with van der Waals surface area (Å²) in [6.07, 6.45) is 3.15. The molecule has 0 aromatic heterocycles. The monoisotopic (exact) mass is 247 g/mol. The number of nitrogens with zero attached hydrogens (tertiary/aromatic N) is 1. The Balaban J connectivity index is 0.00000144. The van der Waals surface area contributed by atoms with Crippen LogP contribution in [-0.2, 0) is 9.05 Å². The molecule has 1 rings (SSSR count). The van der Waals surface area contributed by atoms with E-state index >= 15 is 0 Å². The Morgan fingerprint density at radius 2 is 1.77 bits per heavy atom. The van der Waals surface area contributed by atoms with Crippen LogP contribution in [0.4, 0.5) is 0 Å². The van der Waals surface area contributed by atoms with Crippen LogP contribution in [0.2, 0.25) is 0 Å². The molecule has 0 aliphatic carbocycles. The highest BCUT2D eigenvalue weighted by Gasteiger charge is 2.12. The van der Waals surface area contributed by atoms with Gasteiger partial charge in [-0.25, -0.2) is 8.42 Å². The highest BCUT2D eigenvalue weighted by molar-refractivity contribution is 8.13. The lowest BCUT2D eigenvalue weighted by Gasteiger charge is -2.12. The Hall–Kier alpha value is 0.490. The first-order valence-corrected chi connectivity index (χ1v) is 6.70. The van der Waals surface area contributed by atoms with Gasteiger partial charge in [0.15, 0.2) is 0 Å². The quantitative estimate of drug-likeness (QED) is 0.707. The van der Waals surface area contributed by atoms with Gasteiger partial charge in [0, 0.05) is 10.7 Å². The second-order valence-electron chi connectivity index (χ2n) is 3.15. The van der Waals surface area contributed by atoms with E-state index in [1.165, 1.54) is 12.8 Å². The molecule has 0 aromatic rings. The summed E-state index contributed by atoms with van der Waals surface area (Å²) in [7, 11) is 1.80. The first-order valence-electron chi connectivity index (χ1n) is 4.22. The van der Waals surface area contributed by atoms with Gasteiger partial charge in [-0.2, -0.15) is 0 Å². The second kappa shape index (κ2) is 6.06. The van der Waals surface area contributed by atoms with Crippen LogP contribution in [0, 0.1) is 0 Å². The average molecular weight is 248 g/mol. The van der Waals surface area contributed by atoms with E-state index in [9.17, 15) is 8.42 Å². The van der Waals surface area contributed by atoms with E-state index in [1.807, 2.05) is 0 Å². The minimum atomic E-state index is -3.27. The van der Waals surface area contributed by atoms with Crippen LogP contribution in [-0.4, -0.2) is 38.7 Å². The molecule has 0 atom stereocenters. The maximum absolute atomic E-state index is 10.6. The van der Waals surface area contributed by atoms with E-state index in [0.29, 0.717) is 6.42 Å². The lowest BCUT2D eigenvalue weighted by molar-refractivity contribution is 0.340. The summed E-state index contributed by atoms with van der Waals surface area (Å²) >= 11 is 0. The molecule has 0 radical (unpaired) electrons. The average Bonchev–Trinajstić information content (AvgIpc) is 2.36. The van der Waals surface area contributed by atoms with Gasteiger partial charge in [-0.3, -0.25) is 0 Å². The third-order valence-corrected chi connectivity index (χ3v) is 3.30. The van der Waals surface area contributed by atoms with Gasteiger partial charge >= 0.3 is 0 Å². The molecular weight excluding hydrogens is 233 g/mol. The zero-order valence-electron chi connectivity index (χ0n) is 7.41. The first-order chi connectivity index (χ1) is 5.58. The predicted molar refractivity (Wildman–Crippen MR) is 57.2 cm³/mol. The molecular formula is C7H15Cl2NO2S. The Bertz CT molecular complexity index is 225.